The van der Waals surface area contributed by atoms with Gasteiger partial charge in [0.15, 0.2) is 0 Å². The van der Waals surface area contributed by atoms with E-state index >= 15 is 0 Å². The number of piperidine rings is 1. The van der Waals surface area contributed by atoms with Gasteiger partial charge in [0.05, 0.1) is 6.61 Å². The van der Waals surface area contributed by atoms with Gasteiger partial charge < -0.3 is 15.4 Å². The molecule has 1 heterocycles. The molecule has 0 aliphatic carbocycles. The van der Waals surface area contributed by atoms with Crippen LogP contribution < -0.4 is 15.4 Å². The van der Waals surface area contributed by atoms with Crippen molar-refractivity contribution in [1.29, 1.82) is 0 Å². The summed E-state index contributed by atoms with van der Waals surface area (Å²) in [7, 11) is 0. The van der Waals surface area contributed by atoms with Crippen molar-refractivity contribution >= 4 is 17.5 Å². The van der Waals surface area contributed by atoms with Gasteiger partial charge in [0.1, 0.15) is 5.75 Å². The Bertz CT molecular complexity index is 507. The molecule has 22 heavy (non-hydrogen) atoms. The molecule has 0 saturated carbocycles. The van der Waals surface area contributed by atoms with Gasteiger partial charge in [0, 0.05) is 23.5 Å². The van der Waals surface area contributed by atoms with Gasteiger partial charge in [-0.15, -0.1) is 0 Å². The third-order valence-electron chi connectivity index (χ3n) is 3.94. The van der Waals surface area contributed by atoms with E-state index in [2.05, 4.69) is 17.6 Å². The lowest BCUT2D eigenvalue weighted by molar-refractivity contribution is -0.122. The van der Waals surface area contributed by atoms with Crippen molar-refractivity contribution in [2.45, 2.75) is 51.6 Å². The van der Waals surface area contributed by atoms with Gasteiger partial charge >= 0.3 is 0 Å². The van der Waals surface area contributed by atoms with Crippen LogP contribution in [0.15, 0.2) is 18.2 Å². The summed E-state index contributed by atoms with van der Waals surface area (Å²) in [5.74, 6) is 0.921. The minimum Gasteiger partial charge on any atom is -0.494 e. The van der Waals surface area contributed by atoms with E-state index in [4.69, 9.17) is 16.3 Å². The number of ether oxygens (including phenoxy) is 1. The van der Waals surface area contributed by atoms with Crippen LogP contribution in [-0.2, 0) is 4.79 Å². The van der Waals surface area contributed by atoms with Crippen LogP contribution >= 0.6 is 11.6 Å². The maximum Gasteiger partial charge on any atom is 0.220 e. The second kappa shape index (κ2) is 8.39. The zero-order valence-corrected chi connectivity index (χ0v) is 14.1. The summed E-state index contributed by atoms with van der Waals surface area (Å²) in [5.41, 5.74) is 0.997. The minimum absolute atomic E-state index is 0.120. The van der Waals surface area contributed by atoms with Crippen LogP contribution in [0.3, 0.4) is 0 Å². The number of hydrogen-bond donors (Lipinski definition) is 2. The quantitative estimate of drug-likeness (QED) is 0.791. The lowest BCUT2D eigenvalue weighted by atomic mass is 10.0. The Morgan fingerprint density at radius 1 is 1.50 bits per heavy atom. The van der Waals surface area contributed by atoms with E-state index in [0.717, 1.165) is 35.7 Å². The number of halogens is 1. The van der Waals surface area contributed by atoms with Crippen LogP contribution in [0.4, 0.5) is 0 Å². The highest BCUT2D eigenvalue weighted by atomic mass is 35.5. The maximum absolute atomic E-state index is 11.9. The minimum atomic E-state index is 0.120. The molecular formula is C17H25ClN2O2. The summed E-state index contributed by atoms with van der Waals surface area (Å²) in [4.78, 5) is 11.9. The Hall–Kier alpha value is -1.26. The van der Waals surface area contributed by atoms with E-state index in [1.54, 1.807) is 0 Å². The van der Waals surface area contributed by atoms with Crippen molar-refractivity contribution in [2.75, 3.05) is 13.2 Å². The standard InChI is InChI=1S/C17H25ClN2O2/c1-12-10-15(5-6-16(12)18)22-9-3-4-17(21)20-14-7-8-19-13(2)11-14/h5-6,10,13-14,19H,3-4,7-9,11H2,1-2H3,(H,20,21). The van der Waals surface area contributed by atoms with Crippen LogP contribution in [0, 0.1) is 6.92 Å². The smallest absolute Gasteiger partial charge is 0.220 e. The molecule has 1 aliphatic rings. The zero-order valence-electron chi connectivity index (χ0n) is 13.3. The molecule has 0 aromatic heterocycles. The van der Waals surface area contributed by atoms with Gasteiger partial charge in [0.25, 0.3) is 0 Å². The summed E-state index contributed by atoms with van der Waals surface area (Å²) in [5, 5.41) is 7.23. The van der Waals surface area contributed by atoms with Crippen molar-refractivity contribution in [3.8, 4) is 5.75 Å². The molecule has 1 amide bonds. The van der Waals surface area contributed by atoms with E-state index < -0.39 is 0 Å². The Kier molecular flexibility index (Phi) is 6.52. The van der Waals surface area contributed by atoms with E-state index in [1.807, 2.05) is 25.1 Å². The number of amides is 1. The first kappa shape index (κ1) is 17.1. The van der Waals surface area contributed by atoms with Crippen LogP contribution in [-0.4, -0.2) is 31.1 Å². The van der Waals surface area contributed by atoms with Crippen molar-refractivity contribution in [1.82, 2.24) is 10.6 Å². The Morgan fingerprint density at radius 3 is 3.05 bits per heavy atom. The molecule has 2 rings (SSSR count). The first-order valence-corrected chi connectivity index (χ1v) is 8.34. The number of benzene rings is 1. The third kappa shape index (κ3) is 5.50. The zero-order chi connectivity index (χ0) is 15.9. The second-order valence-electron chi connectivity index (χ2n) is 6.01. The molecule has 1 aliphatic heterocycles. The molecule has 0 spiro atoms. The van der Waals surface area contributed by atoms with Crippen molar-refractivity contribution in [3.05, 3.63) is 28.8 Å². The van der Waals surface area contributed by atoms with E-state index in [-0.39, 0.29) is 5.91 Å². The number of carbonyl (C=O) groups is 1. The van der Waals surface area contributed by atoms with Crippen molar-refractivity contribution in [2.24, 2.45) is 0 Å². The molecule has 2 N–H and O–H groups in total. The molecule has 0 radical (unpaired) electrons. The summed E-state index contributed by atoms with van der Waals surface area (Å²) in [6.45, 7) is 5.62. The summed E-state index contributed by atoms with van der Waals surface area (Å²) in [6, 6.07) is 6.39. The third-order valence-corrected chi connectivity index (χ3v) is 4.36. The van der Waals surface area contributed by atoms with Crippen LogP contribution in [0.5, 0.6) is 5.75 Å². The number of aryl methyl sites for hydroxylation is 1. The Balaban J connectivity index is 1.63. The van der Waals surface area contributed by atoms with Crippen LogP contribution in [0.1, 0.15) is 38.2 Å². The Labute approximate surface area is 137 Å². The van der Waals surface area contributed by atoms with Gasteiger partial charge in [-0.25, -0.2) is 0 Å². The van der Waals surface area contributed by atoms with Crippen molar-refractivity contribution in [3.63, 3.8) is 0 Å². The predicted octanol–water partition coefficient (Wildman–Crippen LogP) is 3.06. The van der Waals surface area contributed by atoms with Gasteiger partial charge in [-0.3, -0.25) is 4.79 Å². The number of rotatable bonds is 6. The lowest BCUT2D eigenvalue weighted by Gasteiger charge is -2.28. The summed E-state index contributed by atoms with van der Waals surface area (Å²) in [6.07, 6.45) is 3.24. The highest BCUT2D eigenvalue weighted by Gasteiger charge is 2.19. The maximum atomic E-state index is 11.9. The first-order valence-electron chi connectivity index (χ1n) is 7.96. The predicted molar refractivity (Wildman–Crippen MR) is 89.5 cm³/mol. The molecule has 4 nitrogen and oxygen atoms in total. The van der Waals surface area contributed by atoms with E-state index in [9.17, 15) is 4.79 Å². The number of carbonyl (C=O) groups excluding carboxylic acids is 1. The van der Waals surface area contributed by atoms with Gasteiger partial charge in [-0.1, -0.05) is 11.6 Å². The monoisotopic (exact) mass is 324 g/mol. The fourth-order valence-electron chi connectivity index (χ4n) is 2.69. The molecule has 122 valence electrons. The normalized spacial score (nSPS) is 21.4. The van der Waals surface area contributed by atoms with Gasteiger partial charge in [0.2, 0.25) is 5.91 Å². The molecule has 5 heteroatoms. The number of nitrogens with one attached hydrogen (secondary N) is 2. The number of hydrogen-bond acceptors (Lipinski definition) is 3. The average Bonchev–Trinajstić information content (AvgIpc) is 2.47. The molecule has 2 atom stereocenters. The van der Waals surface area contributed by atoms with Crippen LogP contribution in [0.25, 0.3) is 0 Å². The fourth-order valence-corrected chi connectivity index (χ4v) is 2.81. The molecule has 1 aromatic carbocycles. The van der Waals surface area contributed by atoms with E-state index in [1.165, 1.54) is 0 Å². The molecule has 2 unspecified atom stereocenters. The topological polar surface area (TPSA) is 50.4 Å². The highest BCUT2D eigenvalue weighted by molar-refractivity contribution is 6.31. The molecule has 1 saturated heterocycles. The SMILES string of the molecule is Cc1cc(OCCCC(=O)NC2CCNC(C)C2)ccc1Cl. The van der Waals surface area contributed by atoms with Crippen LogP contribution in [0.2, 0.25) is 5.02 Å². The lowest BCUT2D eigenvalue weighted by Crippen LogP contribution is -2.46. The molecule has 0 bridgehead atoms. The van der Waals surface area contributed by atoms with Crippen molar-refractivity contribution < 1.29 is 9.53 Å². The summed E-state index contributed by atoms with van der Waals surface area (Å²) < 4.78 is 5.65. The Morgan fingerprint density at radius 2 is 2.32 bits per heavy atom. The van der Waals surface area contributed by atoms with E-state index in [0.29, 0.717) is 31.5 Å². The highest BCUT2D eigenvalue weighted by Crippen LogP contribution is 2.21. The van der Waals surface area contributed by atoms with Gasteiger partial charge in [-0.05, 0) is 63.4 Å². The molecule has 1 aromatic rings. The second-order valence-corrected chi connectivity index (χ2v) is 6.41. The molecular weight excluding hydrogens is 300 g/mol. The van der Waals surface area contributed by atoms with Gasteiger partial charge in [-0.2, -0.15) is 0 Å². The summed E-state index contributed by atoms with van der Waals surface area (Å²) >= 11 is 5.97. The first-order chi connectivity index (χ1) is 10.5. The fraction of sp³-hybridized carbons (Fsp3) is 0.588. The molecule has 1 fully saturated rings. The largest absolute Gasteiger partial charge is 0.494 e. The average molecular weight is 325 g/mol.